The number of hydrogen-bond acceptors (Lipinski definition) is 6. The SMILES string of the molecule is CCc1ccc(OCC(=O)OCc2csc(CC(=O)NCc3ccccc3)n2)cc1. The monoisotopic (exact) mass is 424 g/mol. The van der Waals surface area contributed by atoms with Gasteiger partial charge in [-0.2, -0.15) is 0 Å². The van der Waals surface area contributed by atoms with Crippen LogP contribution in [0.15, 0.2) is 60.0 Å². The van der Waals surface area contributed by atoms with E-state index < -0.39 is 5.97 Å². The molecule has 0 aliphatic heterocycles. The molecule has 0 aliphatic carbocycles. The average Bonchev–Trinajstić information content (AvgIpc) is 3.23. The van der Waals surface area contributed by atoms with E-state index in [1.54, 1.807) is 5.38 Å². The Morgan fingerprint density at radius 1 is 1.03 bits per heavy atom. The highest BCUT2D eigenvalue weighted by Crippen LogP contribution is 2.14. The third-order valence-electron chi connectivity index (χ3n) is 4.31. The molecule has 3 aromatic rings. The van der Waals surface area contributed by atoms with Crippen molar-refractivity contribution in [3.05, 3.63) is 81.8 Å². The number of benzene rings is 2. The topological polar surface area (TPSA) is 77.5 Å². The minimum absolute atomic E-state index is 0.0547. The number of nitrogens with one attached hydrogen (secondary N) is 1. The molecule has 0 fully saturated rings. The molecule has 156 valence electrons. The number of carbonyl (C=O) groups is 2. The van der Waals surface area contributed by atoms with Crippen LogP contribution in [-0.4, -0.2) is 23.5 Å². The second-order valence-electron chi connectivity index (χ2n) is 6.62. The second kappa shape index (κ2) is 11.1. The van der Waals surface area contributed by atoms with Crippen molar-refractivity contribution in [3.8, 4) is 5.75 Å². The van der Waals surface area contributed by atoms with Crippen LogP contribution in [0.25, 0.3) is 0 Å². The Morgan fingerprint density at radius 3 is 2.53 bits per heavy atom. The van der Waals surface area contributed by atoms with Gasteiger partial charge in [-0.25, -0.2) is 9.78 Å². The van der Waals surface area contributed by atoms with Gasteiger partial charge < -0.3 is 14.8 Å². The summed E-state index contributed by atoms with van der Waals surface area (Å²) in [6.07, 6.45) is 1.15. The zero-order valence-corrected chi connectivity index (χ0v) is 17.6. The number of rotatable bonds is 10. The van der Waals surface area contributed by atoms with Crippen LogP contribution in [0.5, 0.6) is 5.75 Å². The van der Waals surface area contributed by atoms with Crippen LogP contribution in [-0.2, 0) is 40.3 Å². The summed E-state index contributed by atoms with van der Waals surface area (Å²) in [4.78, 5) is 28.3. The number of esters is 1. The largest absolute Gasteiger partial charge is 0.482 e. The van der Waals surface area contributed by atoms with E-state index in [0.717, 1.165) is 12.0 Å². The van der Waals surface area contributed by atoms with Crippen LogP contribution in [0.2, 0.25) is 0 Å². The smallest absolute Gasteiger partial charge is 0.344 e. The van der Waals surface area contributed by atoms with Gasteiger partial charge in [-0.15, -0.1) is 11.3 Å². The van der Waals surface area contributed by atoms with E-state index in [0.29, 0.717) is 23.0 Å². The van der Waals surface area contributed by atoms with Gasteiger partial charge in [0.25, 0.3) is 0 Å². The number of ether oxygens (including phenoxy) is 2. The van der Waals surface area contributed by atoms with Crippen LogP contribution < -0.4 is 10.1 Å². The fourth-order valence-corrected chi connectivity index (χ4v) is 3.43. The predicted octanol–water partition coefficient (Wildman–Crippen LogP) is 3.69. The normalized spacial score (nSPS) is 10.4. The zero-order chi connectivity index (χ0) is 21.2. The Labute approximate surface area is 179 Å². The molecule has 0 saturated heterocycles. The summed E-state index contributed by atoms with van der Waals surface area (Å²) in [5, 5.41) is 5.34. The molecule has 1 heterocycles. The Hall–Kier alpha value is -3.19. The summed E-state index contributed by atoms with van der Waals surface area (Å²) in [7, 11) is 0. The number of thiazole rings is 1. The number of hydrogen-bond donors (Lipinski definition) is 1. The van der Waals surface area contributed by atoms with Crippen molar-refractivity contribution in [2.24, 2.45) is 0 Å². The molecular weight excluding hydrogens is 400 g/mol. The molecule has 0 atom stereocenters. The van der Waals surface area contributed by atoms with Crippen LogP contribution in [0.4, 0.5) is 0 Å². The first-order valence-corrected chi connectivity index (χ1v) is 10.6. The molecule has 0 bridgehead atoms. The van der Waals surface area contributed by atoms with Crippen LogP contribution in [0.1, 0.15) is 28.8 Å². The maximum atomic E-state index is 12.1. The second-order valence-corrected chi connectivity index (χ2v) is 7.56. The predicted molar refractivity (Wildman–Crippen MR) is 115 cm³/mol. The number of aromatic nitrogens is 1. The third kappa shape index (κ3) is 7.00. The van der Waals surface area contributed by atoms with Crippen molar-refractivity contribution in [3.63, 3.8) is 0 Å². The molecule has 30 heavy (non-hydrogen) atoms. The molecule has 0 spiro atoms. The van der Waals surface area contributed by atoms with Gasteiger partial charge in [0.15, 0.2) is 6.61 Å². The lowest BCUT2D eigenvalue weighted by molar-refractivity contribution is -0.147. The highest BCUT2D eigenvalue weighted by atomic mass is 32.1. The van der Waals surface area contributed by atoms with Gasteiger partial charge in [0.1, 0.15) is 17.4 Å². The average molecular weight is 425 g/mol. The zero-order valence-electron chi connectivity index (χ0n) is 16.8. The van der Waals surface area contributed by atoms with E-state index in [-0.39, 0.29) is 25.5 Å². The molecule has 2 aromatic carbocycles. The lowest BCUT2D eigenvalue weighted by atomic mass is 10.2. The van der Waals surface area contributed by atoms with E-state index in [9.17, 15) is 9.59 Å². The van der Waals surface area contributed by atoms with E-state index in [1.807, 2.05) is 54.6 Å². The quantitative estimate of drug-likeness (QED) is 0.502. The van der Waals surface area contributed by atoms with Gasteiger partial charge in [-0.05, 0) is 29.7 Å². The van der Waals surface area contributed by atoms with Gasteiger partial charge in [0.05, 0.1) is 12.1 Å². The molecule has 0 radical (unpaired) electrons. The van der Waals surface area contributed by atoms with Gasteiger partial charge in [0, 0.05) is 11.9 Å². The summed E-state index contributed by atoms with van der Waals surface area (Å²) < 4.78 is 10.6. The lowest BCUT2D eigenvalue weighted by Gasteiger charge is -2.06. The Bertz CT molecular complexity index is 955. The maximum Gasteiger partial charge on any atom is 0.344 e. The van der Waals surface area contributed by atoms with Gasteiger partial charge in [-0.3, -0.25) is 4.79 Å². The molecule has 0 aliphatic rings. The Morgan fingerprint density at radius 2 is 1.80 bits per heavy atom. The molecule has 1 amide bonds. The first kappa shape index (κ1) is 21.5. The van der Waals surface area contributed by atoms with Crippen LogP contribution in [0.3, 0.4) is 0 Å². The molecule has 1 aromatic heterocycles. The van der Waals surface area contributed by atoms with Gasteiger partial charge in [-0.1, -0.05) is 49.4 Å². The van der Waals surface area contributed by atoms with E-state index in [1.165, 1.54) is 16.9 Å². The summed E-state index contributed by atoms with van der Waals surface area (Å²) in [5.41, 5.74) is 2.87. The molecule has 0 unspecified atom stereocenters. The fraction of sp³-hybridized carbons (Fsp3) is 0.261. The number of amides is 1. The minimum Gasteiger partial charge on any atom is -0.482 e. The van der Waals surface area contributed by atoms with Crippen LogP contribution in [0, 0.1) is 0 Å². The first-order chi connectivity index (χ1) is 14.6. The van der Waals surface area contributed by atoms with Crippen molar-refractivity contribution in [2.75, 3.05) is 6.61 Å². The summed E-state index contributed by atoms with van der Waals surface area (Å²) in [6.45, 7) is 2.45. The van der Waals surface area contributed by atoms with Crippen LogP contribution >= 0.6 is 11.3 Å². The van der Waals surface area contributed by atoms with E-state index >= 15 is 0 Å². The highest BCUT2D eigenvalue weighted by Gasteiger charge is 2.10. The number of nitrogens with zero attached hydrogens (tertiary/aromatic N) is 1. The molecule has 7 heteroatoms. The van der Waals surface area contributed by atoms with Crippen molar-refractivity contribution in [1.29, 1.82) is 0 Å². The molecule has 6 nitrogen and oxygen atoms in total. The standard InChI is InChI=1S/C23H24N2O4S/c1-2-17-8-10-20(11-9-17)28-15-23(27)29-14-19-16-30-22(25-19)12-21(26)24-13-18-6-4-3-5-7-18/h3-11,16H,2,12-15H2,1H3,(H,24,26). The van der Waals surface area contributed by atoms with Crippen molar-refractivity contribution in [2.45, 2.75) is 32.9 Å². The molecule has 0 saturated carbocycles. The molecule has 3 rings (SSSR count). The first-order valence-electron chi connectivity index (χ1n) is 9.73. The van der Waals surface area contributed by atoms with E-state index in [2.05, 4.69) is 17.2 Å². The van der Waals surface area contributed by atoms with Crippen molar-refractivity contribution in [1.82, 2.24) is 10.3 Å². The lowest BCUT2D eigenvalue weighted by Crippen LogP contribution is -2.24. The third-order valence-corrected chi connectivity index (χ3v) is 5.21. The molecular formula is C23H24N2O4S. The summed E-state index contributed by atoms with van der Waals surface area (Å²) in [5.74, 6) is 0.0607. The Kier molecular flexibility index (Phi) is 7.97. The van der Waals surface area contributed by atoms with E-state index in [4.69, 9.17) is 9.47 Å². The minimum atomic E-state index is -0.468. The number of carbonyl (C=O) groups excluding carboxylic acids is 2. The summed E-state index contributed by atoms with van der Waals surface area (Å²) in [6, 6.07) is 17.3. The Balaban J connectivity index is 1.37. The molecule has 1 N–H and O–H groups in total. The van der Waals surface area contributed by atoms with Crippen molar-refractivity contribution < 1.29 is 19.1 Å². The summed E-state index contributed by atoms with van der Waals surface area (Å²) >= 11 is 1.37. The fourth-order valence-electron chi connectivity index (χ4n) is 2.65. The number of aryl methyl sites for hydroxylation is 1. The maximum absolute atomic E-state index is 12.1. The van der Waals surface area contributed by atoms with Gasteiger partial charge >= 0.3 is 5.97 Å². The van der Waals surface area contributed by atoms with Gasteiger partial charge in [0.2, 0.25) is 5.91 Å². The highest BCUT2D eigenvalue weighted by molar-refractivity contribution is 7.09. The van der Waals surface area contributed by atoms with Crippen molar-refractivity contribution >= 4 is 23.2 Å².